The van der Waals surface area contributed by atoms with Crippen LogP contribution < -0.4 is 10.1 Å². The molecule has 1 aliphatic heterocycles. The molecule has 0 spiro atoms. The van der Waals surface area contributed by atoms with E-state index in [1.54, 1.807) is 37.7 Å². The lowest BCUT2D eigenvalue weighted by Crippen LogP contribution is -2.15. The SMILES string of the molecule is COc1cc2c(cc1Cl)C=C=C(c1cccnc1)N=C2Nc1cc(Cl)cc(Cl)c1. The summed E-state index contributed by atoms with van der Waals surface area (Å²) in [5.74, 6) is 1.12. The molecular formula is C22H14Cl3N3O. The van der Waals surface area contributed by atoms with Gasteiger partial charge in [0.15, 0.2) is 0 Å². The van der Waals surface area contributed by atoms with E-state index in [-0.39, 0.29) is 0 Å². The summed E-state index contributed by atoms with van der Waals surface area (Å²) >= 11 is 18.7. The molecular weight excluding hydrogens is 429 g/mol. The van der Waals surface area contributed by atoms with Gasteiger partial charge in [-0.15, -0.1) is 0 Å². The molecule has 144 valence electrons. The lowest BCUT2D eigenvalue weighted by molar-refractivity contribution is 0.415. The van der Waals surface area contributed by atoms with Gasteiger partial charge in [0.1, 0.15) is 17.3 Å². The van der Waals surface area contributed by atoms with E-state index < -0.39 is 0 Å². The van der Waals surface area contributed by atoms with Crippen molar-refractivity contribution in [2.75, 3.05) is 12.4 Å². The van der Waals surface area contributed by atoms with Crippen molar-refractivity contribution in [1.29, 1.82) is 0 Å². The molecule has 1 aromatic heterocycles. The molecule has 0 unspecified atom stereocenters. The third-order valence-corrected chi connectivity index (χ3v) is 4.96. The van der Waals surface area contributed by atoms with Crippen LogP contribution in [0, 0.1) is 0 Å². The quantitative estimate of drug-likeness (QED) is 0.466. The number of anilines is 1. The first-order valence-corrected chi connectivity index (χ1v) is 9.73. The number of hydrogen-bond donors (Lipinski definition) is 1. The summed E-state index contributed by atoms with van der Waals surface area (Å²) in [7, 11) is 1.57. The lowest BCUT2D eigenvalue weighted by atomic mass is 10.1. The van der Waals surface area contributed by atoms with Gasteiger partial charge in [-0.2, -0.15) is 0 Å². The number of methoxy groups -OCH3 is 1. The number of nitrogens with zero attached hydrogens (tertiary/aromatic N) is 2. The van der Waals surface area contributed by atoms with Crippen LogP contribution in [0.4, 0.5) is 5.69 Å². The third kappa shape index (κ3) is 4.31. The van der Waals surface area contributed by atoms with Crippen molar-refractivity contribution >= 4 is 58.1 Å². The molecule has 0 saturated heterocycles. The van der Waals surface area contributed by atoms with Crippen LogP contribution in [0.25, 0.3) is 11.8 Å². The molecule has 1 N–H and O–H groups in total. The largest absolute Gasteiger partial charge is 0.495 e. The zero-order chi connectivity index (χ0) is 20.4. The number of halogens is 3. The Morgan fingerprint density at radius 2 is 1.83 bits per heavy atom. The number of aliphatic imine (C=N–C) groups is 1. The average Bonchev–Trinajstić information content (AvgIpc) is 2.86. The first-order valence-electron chi connectivity index (χ1n) is 8.60. The van der Waals surface area contributed by atoms with Gasteiger partial charge in [0.25, 0.3) is 0 Å². The Morgan fingerprint density at radius 1 is 1.03 bits per heavy atom. The first kappa shape index (κ1) is 19.6. The Hall–Kier alpha value is -2.75. The molecule has 3 aromatic rings. The minimum atomic E-state index is 0.499. The van der Waals surface area contributed by atoms with Crippen LogP contribution in [0.3, 0.4) is 0 Å². The summed E-state index contributed by atoms with van der Waals surface area (Å²) in [4.78, 5) is 8.97. The van der Waals surface area contributed by atoms with Gasteiger partial charge in [-0.3, -0.25) is 4.98 Å². The molecule has 1 aliphatic rings. The van der Waals surface area contributed by atoms with Crippen molar-refractivity contribution in [1.82, 2.24) is 4.98 Å². The van der Waals surface area contributed by atoms with Gasteiger partial charge in [-0.25, -0.2) is 4.99 Å². The van der Waals surface area contributed by atoms with Crippen LogP contribution in [-0.4, -0.2) is 17.9 Å². The van der Waals surface area contributed by atoms with E-state index in [1.165, 1.54) is 0 Å². The van der Waals surface area contributed by atoms with E-state index >= 15 is 0 Å². The van der Waals surface area contributed by atoms with Crippen molar-refractivity contribution in [3.63, 3.8) is 0 Å². The summed E-state index contributed by atoms with van der Waals surface area (Å²) in [5, 5.41) is 4.85. The van der Waals surface area contributed by atoms with Gasteiger partial charge in [0.05, 0.1) is 12.1 Å². The summed E-state index contributed by atoms with van der Waals surface area (Å²) in [6.07, 6.45) is 5.28. The Balaban J connectivity index is 1.88. The molecule has 0 bridgehead atoms. The van der Waals surface area contributed by atoms with Gasteiger partial charge < -0.3 is 10.1 Å². The summed E-state index contributed by atoms with van der Waals surface area (Å²) < 4.78 is 5.39. The monoisotopic (exact) mass is 441 g/mol. The molecule has 0 saturated carbocycles. The molecule has 0 aliphatic carbocycles. The number of benzene rings is 2. The average molecular weight is 443 g/mol. The highest BCUT2D eigenvalue weighted by atomic mass is 35.5. The maximum Gasteiger partial charge on any atom is 0.139 e. The molecule has 0 amide bonds. The van der Waals surface area contributed by atoms with E-state index in [4.69, 9.17) is 44.5 Å². The molecule has 2 heterocycles. The number of fused-ring (bicyclic) bond motifs is 1. The maximum absolute atomic E-state index is 6.33. The molecule has 4 nitrogen and oxygen atoms in total. The van der Waals surface area contributed by atoms with Crippen LogP contribution in [-0.2, 0) is 0 Å². The second kappa shape index (κ2) is 8.32. The van der Waals surface area contributed by atoms with Crippen LogP contribution in [0.2, 0.25) is 15.1 Å². The van der Waals surface area contributed by atoms with Crippen molar-refractivity contribution < 1.29 is 4.74 Å². The zero-order valence-electron chi connectivity index (χ0n) is 15.2. The Labute approximate surface area is 183 Å². The lowest BCUT2D eigenvalue weighted by Gasteiger charge is -2.15. The van der Waals surface area contributed by atoms with Crippen LogP contribution in [0.5, 0.6) is 5.75 Å². The highest BCUT2D eigenvalue weighted by molar-refractivity contribution is 6.35. The normalized spacial score (nSPS) is 12.6. The summed E-state index contributed by atoms with van der Waals surface area (Å²) in [6, 6.07) is 12.6. The Morgan fingerprint density at radius 3 is 2.52 bits per heavy atom. The molecule has 4 rings (SSSR count). The highest BCUT2D eigenvalue weighted by Gasteiger charge is 2.17. The number of hydrogen-bond acceptors (Lipinski definition) is 4. The molecule has 2 aromatic carbocycles. The minimum Gasteiger partial charge on any atom is -0.495 e. The number of pyridine rings is 1. The Bertz CT molecular complexity index is 1160. The molecule has 7 heteroatoms. The fourth-order valence-corrected chi connectivity index (χ4v) is 3.68. The number of rotatable bonds is 3. The van der Waals surface area contributed by atoms with E-state index in [1.807, 2.05) is 30.3 Å². The van der Waals surface area contributed by atoms with E-state index in [0.29, 0.717) is 38.0 Å². The Kier molecular flexibility index (Phi) is 5.61. The van der Waals surface area contributed by atoms with E-state index in [2.05, 4.69) is 16.0 Å². The fraction of sp³-hybridized carbons (Fsp3) is 0.0455. The van der Waals surface area contributed by atoms with Gasteiger partial charge >= 0.3 is 0 Å². The first-order chi connectivity index (χ1) is 14.0. The van der Waals surface area contributed by atoms with Crippen molar-refractivity contribution in [3.05, 3.63) is 92.3 Å². The molecule has 0 fully saturated rings. The number of amidine groups is 1. The second-order valence-corrected chi connectivity index (χ2v) is 7.48. The van der Waals surface area contributed by atoms with Crippen LogP contribution >= 0.6 is 34.8 Å². The molecule has 29 heavy (non-hydrogen) atoms. The summed E-state index contributed by atoms with van der Waals surface area (Å²) in [5.41, 5.74) is 7.03. The molecule has 0 radical (unpaired) electrons. The third-order valence-electron chi connectivity index (χ3n) is 4.23. The van der Waals surface area contributed by atoms with Crippen molar-refractivity contribution in [2.24, 2.45) is 4.99 Å². The maximum atomic E-state index is 6.33. The predicted molar refractivity (Wildman–Crippen MR) is 120 cm³/mol. The second-order valence-electron chi connectivity index (χ2n) is 6.20. The van der Waals surface area contributed by atoms with Gasteiger partial charge in [0, 0.05) is 39.3 Å². The standard InChI is InChI=1S/C22H14Cl3N3O/c1-29-21-11-18-13(7-19(21)25)4-5-20(14-3-2-6-26-12-14)28-22(18)27-17-9-15(23)8-16(24)10-17/h2-4,6-12H,1H3,(H,27,28). The molecule has 0 atom stereocenters. The smallest absolute Gasteiger partial charge is 0.139 e. The van der Waals surface area contributed by atoms with Crippen LogP contribution in [0.1, 0.15) is 16.7 Å². The van der Waals surface area contributed by atoms with Gasteiger partial charge in [0.2, 0.25) is 0 Å². The van der Waals surface area contributed by atoms with Gasteiger partial charge in [-0.05, 0) is 54.1 Å². The van der Waals surface area contributed by atoms with Gasteiger partial charge in [-0.1, -0.05) is 40.5 Å². The number of ether oxygens (including phenoxy) is 1. The fourth-order valence-electron chi connectivity index (χ4n) is 2.91. The van der Waals surface area contributed by atoms with E-state index in [9.17, 15) is 0 Å². The van der Waals surface area contributed by atoms with E-state index in [0.717, 1.165) is 16.7 Å². The number of nitrogens with one attached hydrogen (secondary N) is 1. The van der Waals surface area contributed by atoms with Crippen molar-refractivity contribution in [2.45, 2.75) is 0 Å². The van der Waals surface area contributed by atoms with Crippen molar-refractivity contribution in [3.8, 4) is 5.75 Å². The van der Waals surface area contributed by atoms with Crippen LogP contribution in [0.15, 0.2) is 65.6 Å². The minimum absolute atomic E-state index is 0.499. The zero-order valence-corrected chi connectivity index (χ0v) is 17.5. The number of aromatic nitrogens is 1. The summed E-state index contributed by atoms with van der Waals surface area (Å²) in [6.45, 7) is 0. The highest BCUT2D eigenvalue weighted by Crippen LogP contribution is 2.32. The predicted octanol–water partition coefficient (Wildman–Crippen LogP) is 6.58. The topological polar surface area (TPSA) is 46.5 Å².